The summed E-state index contributed by atoms with van der Waals surface area (Å²) in [6.45, 7) is 0.454. The molecule has 0 amide bonds. The predicted octanol–water partition coefficient (Wildman–Crippen LogP) is 5.48. The van der Waals surface area contributed by atoms with Crippen LogP contribution in [0.2, 0.25) is 0 Å². The van der Waals surface area contributed by atoms with Crippen molar-refractivity contribution in [1.29, 1.82) is 0 Å². The van der Waals surface area contributed by atoms with Crippen molar-refractivity contribution >= 4 is 11.6 Å². The van der Waals surface area contributed by atoms with Crippen LogP contribution in [0.4, 0.5) is 4.39 Å². The molecule has 2 aromatic heterocycles. The molecule has 0 unspecified atom stereocenters. The molecule has 0 aliphatic rings. The number of carboxylic acids is 1. The number of ether oxygens (including phenoxy) is 1. The normalized spacial score (nSPS) is 10.9. The third kappa shape index (κ3) is 4.29. The number of hydrogen-bond acceptors (Lipinski definition) is 4. The first-order valence-electron chi connectivity index (χ1n) is 10.2. The molecule has 3 aromatic carbocycles. The maximum atomic E-state index is 13.4. The topological polar surface area (TPSA) is 76.7 Å². The summed E-state index contributed by atoms with van der Waals surface area (Å²) in [7, 11) is 0. The Morgan fingerprint density at radius 2 is 1.61 bits per heavy atom. The number of benzene rings is 3. The van der Waals surface area contributed by atoms with Crippen LogP contribution >= 0.6 is 0 Å². The monoisotopic (exact) mass is 439 g/mol. The molecular weight excluding hydrogens is 421 g/mol. The first kappa shape index (κ1) is 20.4. The van der Waals surface area contributed by atoms with Gasteiger partial charge in [-0.05, 0) is 60.2 Å². The standard InChI is InChI=1S/C26H18FN3O3/c27-20-10-6-18(7-11-20)22-14-24(30-25(28-22)15-23(29-30)26(31)32)19-8-12-21(13-9-19)33-16-17-4-2-1-3-5-17/h1-15H,16H2,(H,31,32). The number of carbonyl (C=O) groups is 1. The third-order valence-corrected chi connectivity index (χ3v) is 5.18. The van der Waals surface area contributed by atoms with E-state index in [4.69, 9.17) is 4.74 Å². The second-order valence-electron chi connectivity index (χ2n) is 7.44. The summed E-state index contributed by atoms with van der Waals surface area (Å²) < 4.78 is 20.7. The molecule has 33 heavy (non-hydrogen) atoms. The number of halogens is 1. The van der Waals surface area contributed by atoms with E-state index in [2.05, 4.69) is 10.1 Å². The van der Waals surface area contributed by atoms with E-state index >= 15 is 0 Å². The molecule has 5 aromatic rings. The Morgan fingerprint density at radius 3 is 2.30 bits per heavy atom. The van der Waals surface area contributed by atoms with Crippen molar-refractivity contribution in [2.75, 3.05) is 0 Å². The second kappa shape index (κ2) is 8.55. The van der Waals surface area contributed by atoms with Gasteiger partial charge in [0, 0.05) is 17.2 Å². The van der Waals surface area contributed by atoms with E-state index in [-0.39, 0.29) is 11.5 Å². The van der Waals surface area contributed by atoms with Crippen molar-refractivity contribution < 1.29 is 19.0 Å². The van der Waals surface area contributed by atoms with Gasteiger partial charge in [-0.2, -0.15) is 5.10 Å². The van der Waals surface area contributed by atoms with Gasteiger partial charge in [0.25, 0.3) is 0 Å². The molecule has 1 N–H and O–H groups in total. The van der Waals surface area contributed by atoms with Gasteiger partial charge in [-0.1, -0.05) is 30.3 Å². The number of carboxylic acid groups (broad SMARTS) is 1. The maximum Gasteiger partial charge on any atom is 0.356 e. The van der Waals surface area contributed by atoms with Gasteiger partial charge < -0.3 is 9.84 Å². The molecular formula is C26H18FN3O3. The molecule has 0 aliphatic carbocycles. The Bertz CT molecular complexity index is 1430. The molecule has 0 spiro atoms. The quantitative estimate of drug-likeness (QED) is 0.379. The highest BCUT2D eigenvalue weighted by molar-refractivity contribution is 5.87. The number of hydrogen-bond donors (Lipinski definition) is 1. The number of nitrogens with zero attached hydrogens (tertiary/aromatic N) is 3. The largest absolute Gasteiger partial charge is 0.489 e. The second-order valence-corrected chi connectivity index (χ2v) is 7.44. The summed E-state index contributed by atoms with van der Waals surface area (Å²) in [4.78, 5) is 16.0. The zero-order valence-corrected chi connectivity index (χ0v) is 17.4. The molecule has 162 valence electrons. The summed E-state index contributed by atoms with van der Waals surface area (Å²) in [6, 6.07) is 26.5. The molecule has 5 rings (SSSR count). The van der Waals surface area contributed by atoms with Gasteiger partial charge in [0.1, 0.15) is 18.2 Å². The van der Waals surface area contributed by atoms with Crippen LogP contribution in [-0.4, -0.2) is 25.7 Å². The smallest absolute Gasteiger partial charge is 0.356 e. The molecule has 0 fully saturated rings. The number of rotatable bonds is 6. The Labute approximate surface area is 188 Å². The van der Waals surface area contributed by atoms with E-state index in [9.17, 15) is 14.3 Å². The van der Waals surface area contributed by atoms with E-state index < -0.39 is 5.97 Å². The average molecular weight is 439 g/mol. The van der Waals surface area contributed by atoms with Crippen molar-refractivity contribution in [2.45, 2.75) is 6.61 Å². The van der Waals surface area contributed by atoms with Gasteiger partial charge in [0.2, 0.25) is 0 Å². The predicted molar refractivity (Wildman–Crippen MR) is 122 cm³/mol. The van der Waals surface area contributed by atoms with Crippen molar-refractivity contribution in [3.8, 4) is 28.3 Å². The van der Waals surface area contributed by atoms with E-state index in [1.807, 2.05) is 54.6 Å². The first-order valence-corrected chi connectivity index (χ1v) is 10.2. The number of aromatic carboxylic acids is 1. The van der Waals surface area contributed by atoms with Crippen LogP contribution in [0.25, 0.3) is 28.2 Å². The lowest BCUT2D eigenvalue weighted by Crippen LogP contribution is -2.01. The molecule has 2 heterocycles. The zero-order chi connectivity index (χ0) is 22.8. The van der Waals surface area contributed by atoms with Crippen LogP contribution in [0.15, 0.2) is 91.0 Å². The fourth-order valence-electron chi connectivity index (χ4n) is 3.52. The summed E-state index contributed by atoms with van der Waals surface area (Å²) in [5.41, 5.74) is 4.09. The Kier molecular flexibility index (Phi) is 5.28. The lowest BCUT2D eigenvalue weighted by Gasteiger charge is -2.10. The van der Waals surface area contributed by atoms with E-state index in [0.717, 1.165) is 11.1 Å². The van der Waals surface area contributed by atoms with Crippen LogP contribution in [0.5, 0.6) is 5.75 Å². The number of fused-ring (bicyclic) bond motifs is 1. The summed E-state index contributed by atoms with van der Waals surface area (Å²) in [5, 5.41) is 13.6. The van der Waals surface area contributed by atoms with E-state index in [1.54, 1.807) is 18.2 Å². The van der Waals surface area contributed by atoms with Crippen LogP contribution in [0, 0.1) is 5.82 Å². The van der Waals surface area contributed by atoms with Crippen LogP contribution in [0.3, 0.4) is 0 Å². The molecule has 7 heteroatoms. The van der Waals surface area contributed by atoms with E-state index in [1.165, 1.54) is 22.7 Å². The lowest BCUT2D eigenvalue weighted by molar-refractivity contribution is 0.0690. The van der Waals surface area contributed by atoms with Gasteiger partial charge in [0.05, 0.1) is 11.4 Å². The minimum absolute atomic E-state index is 0.108. The molecule has 0 radical (unpaired) electrons. The minimum atomic E-state index is -1.14. The van der Waals surface area contributed by atoms with Crippen LogP contribution in [0.1, 0.15) is 16.1 Å². The van der Waals surface area contributed by atoms with Gasteiger partial charge in [-0.25, -0.2) is 18.7 Å². The van der Waals surface area contributed by atoms with Crippen molar-refractivity contribution in [3.63, 3.8) is 0 Å². The SMILES string of the molecule is O=C(O)c1cc2nc(-c3ccc(F)cc3)cc(-c3ccc(OCc4ccccc4)cc3)n2n1. The zero-order valence-electron chi connectivity index (χ0n) is 17.4. The van der Waals surface area contributed by atoms with Gasteiger partial charge in [0.15, 0.2) is 11.3 Å². The highest BCUT2D eigenvalue weighted by atomic mass is 19.1. The lowest BCUT2D eigenvalue weighted by atomic mass is 10.1. The molecule has 0 bridgehead atoms. The molecule has 0 aliphatic heterocycles. The Morgan fingerprint density at radius 1 is 0.909 bits per heavy atom. The molecule has 0 saturated carbocycles. The van der Waals surface area contributed by atoms with Crippen molar-refractivity contribution in [2.24, 2.45) is 0 Å². The Balaban J connectivity index is 1.52. The van der Waals surface area contributed by atoms with Crippen LogP contribution in [-0.2, 0) is 6.61 Å². The van der Waals surface area contributed by atoms with E-state index in [0.29, 0.717) is 35.0 Å². The van der Waals surface area contributed by atoms with Crippen molar-refractivity contribution in [3.05, 3.63) is 108 Å². The number of aromatic nitrogens is 3. The minimum Gasteiger partial charge on any atom is -0.489 e. The molecule has 6 nitrogen and oxygen atoms in total. The van der Waals surface area contributed by atoms with Gasteiger partial charge in [-0.15, -0.1) is 0 Å². The first-order chi connectivity index (χ1) is 16.1. The molecule has 0 saturated heterocycles. The highest BCUT2D eigenvalue weighted by Gasteiger charge is 2.16. The summed E-state index contributed by atoms with van der Waals surface area (Å²) in [5.74, 6) is -0.776. The highest BCUT2D eigenvalue weighted by Crippen LogP contribution is 2.28. The van der Waals surface area contributed by atoms with Crippen molar-refractivity contribution in [1.82, 2.24) is 14.6 Å². The van der Waals surface area contributed by atoms with Gasteiger partial charge >= 0.3 is 5.97 Å². The fourth-order valence-corrected chi connectivity index (χ4v) is 3.52. The fraction of sp³-hybridized carbons (Fsp3) is 0.0385. The third-order valence-electron chi connectivity index (χ3n) is 5.18. The van der Waals surface area contributed by atoms with Crippen LogP contribution < -0.4 is 4.74 Å². The Hall–Kier alpha value is -4.52. The summed E-state index contributed by atoms with van der Waals surface area (Å²) in [6.07, 6.45) is 0. The summed E-state index contributed by atoms with van der Waals surface area (Å²) >= 11 is 0. The molecule has 0 atom stereocenters. The maximum absolute atomic E-state index is 13.4. The average Bonchev–Trinajstić information content (AvgIpc) is 3.28. The van der Waals surface area contributed by atoms with Gasteiger partial charge in [-0.3, -0.25) is 0 Å².